The van der Waals surface area contributed by atoms with E-state index >= 15 is 0 Å². The summed E-state index contributed by atoms with van der Waals surface area (Å²) in [5.41, 5.74) is 3.58. The SMILES string of the molecule is CCCCc1ccc(CCc2ccc(OC(F)(F)F)cc2)cc1. The molecule has 0 atom stereocenters. The average Bonchev–Trinajstić information content (AvgIpc) is 2.52. The molecular weight excluding hydrogens is 301 g/mol. The minimum atomic E-state index is -4.64. The van der Waals surface area contributed by atoms with Crippen molar-refractivity contribution in [3.8, 4) is 5.75 Å². The van der Waals surface area contributed by atoms with Gasteiger partial charge in [-0.25, -0.2) is 0 Å². The molecule has 2 aromatic carbocycles. The Kier molecular flexibility index (Phi) is 6.08. The maximum Gasteiger partial charge on any atom is 0.573 e. The molecule has 2 aromatic rings. The van der Waals surface area contributed by atoms with Crippen LogP contribution in [0, 0.1) is 0 Å². The van der Waals surface area contributed by atoms with Crippen LogP contribution in [-0.2, 0) is 19.3 Å². The fraction of sp³-hybridized carbons (Fsp3) is 0.368. The molecule has 0 aliphatic carbocycles. The number of hydrogen-bond acceptors (Lipinski definition) is 1. The van der Waals surface area contributed by atoms with Crippen LogP contribution in [0.25, 0.3) is 0 Å². The Labute approximate surface area is 135 Å². The molecule has 0 spiro atoms. The summed E-state index contributed by atoms with van der Waals surface area (Å²) in [6, 6.07) is 14.6. The first-order valence-corrected chi connectivity index (χ1v) is 7.89. The van der Waals surface area contributed by atoms with Gasteiger partial charge in [-0.1, -0.05) is 49.7 Å². The highest BCUT2D eigenvalue weighted by molar-refractivity contribution is 5.29. The third-order valence-corrected chi connectivity index (χ3v) is 3.70. The molecule has 0 N–H and O–H groups in total. The van der Waals surface area contributed by atoms with Crippen molar-refractivity contribution in [3.63, 3.8) is 0 Å². The highest BCUT2D eigenvalue weighted by Crippen LogP contribution is 2.23. The summed E-state index contributed by atoms with van der Waals surface area (Å²) in [7, 11) is 0. The first kappa shape index (κ1) is 17.4. The summed E-state index contributed by atoms with van der Waals surface area (Å²) in [4.78, 5) is 0. The summed E-state index contributed by atoms with van der Waals surface area (Å²) in [6.45, 7) is 2.18. The zero-order valence-electron chi connectivity index (χ0n) is 13.2. The van der Waals surface area contributed by atoms with E-state index in [-0.39, 0.29) is 5.75 Å². The molecule has 0 aliphatic heterocycles. The Morgan fingerprint density at radius 1 is 0.739 bits per heavy atom. The smallest absolute Gasteiger partial charge is 0.406 e. The molecular formula is C19H21F3O. The van der Waals surface area contributed by atoms with E-state index in [1.54, 1.807) is 12.1 Å². The van der Waals surface area contributed by atoms with Gasteiger partial charge in [0.15, 0.2) is 0 Å². The van der Waals surface area contributed by atoms with Crippen LogP contribution in [0.5, 0.6) is 5.75 Å². The molecule has 124 valence electrons. The van der Waals surface area contributed by atoms with Crippen LogP contribution in [0.4, 0.5) is 13.2 Å². The molecule has 0 aromatic heterocycles. The minimum absolute atomic E-state index is 0.179. The number of halogens is 3. The number of rotatable bonds is 7. The van der Waals surface area contributed by atoms with Crippen molar-refractivity contribution < 1.29 is 17.9 Å². The fourth-order valence-electron chi connectivity index (χ4n) is 2.40. The van der Waals surface area contributed by atoms with Gasteiger partial charge in [0.2, 0.25) is 0 Å². The van der Waals surface area contributed by atoms with Crippen LogP contribution in [0.1, 0.15) is 36.5 Å². The molecule has 0 saturated heterocycles. The van der Waals surface area contributed by atoms with E-state index < -0.39 is 6.36 Å². The summed E-state index contributed by atoms with van der Waals surface area (Å²) in [5.74, 6) is -0.179. The molecule has 0 radical (unpaired) electrons. The molecule has 4 heteroatoms. The Bertz CT molecular complexity index is 586. The monoisotopic (exact) mass is 322 g/mol. The van der Waals surface area contributed by atoms with Crippen LogP contribution >= 0.6 is 0 Å². The largest absolute Gasteiger partial charge is 0.573 e. The lowest BCUT2D eigenvalue weighted by Crippen LogP contribution is -2.17. The van der Waals surface area contributed by atoms with E-state index in [1.807, 2.05) is 0 Å². The number of aryl methyl sites for hydroxylation is 3. The lowest BCUT2D eigenvalue weighted by molar-refractivity contribution is -0.274. The lowest BCUT2D eigenvalue weighted by atomic mass is 10.0. The summed E-state index contributed by atoms with van der Waals surface area (Å²) in [6.07, 6.45) is 0.522. The van der Waals surface area contributed by atoms with Crippen molar-refractivity contribution in [2.75, 3.05) is 0 Å². The molecule has 1 nitrogen and oxygen atoms in total. The van der Waals surface area contributed by atoms with Crippen LogP contribution in [0.2, 0.25) is 0 Å². The zero-order valence-corrected chi connectivity index (χ0v) is 13.2. The van der Waals surface area contributed by atoms with Gasteiger partial charge in [0.25, 0.3) is 0 Å². The molecule has 0 amide bonds. The molecule has 0 unspecified atom stereocenters. The maximum absolute atomic E-state index is 12.1. The van der Waals surface area contributed by atoms with Crippen LogP contribution in [-0.4, -0.2) is 6.36 Å². The van der Waals surface area contributed by atoms with Crippen LogP contribution < -0.4 is 4.74 Å². The minimum Gasteiger partial charge on any atom is -0.406 e. The van der Waals surface area contributed by atoms with Crippen molar-refractivity contribution in [1.82, 2.24) is 0 Å². The van der Waals surface area contributed by atoms with Gasteiger partial charge in [-0.15, -0.1) is 13.2 Å². The van der Waals surface area contributed by atoms with Gasteiger partial charge < -0.3 is 4.74 Å². The van der Waals surface area contributed by atoms with Crippen LogP contribution in [0.3, 0.4) is 0 Å². The first-order valence-electron chi connectivity index (χ1n) is 7.89. The number of ether oxygens (including phenoxy) is 1. The predicted molar refractivity (Wildman–Crippen MR) is 85.6 cm³/mol. The Morgan fingerprint density at radius 2 is 1.17 bits per heavy atom. The van der Waals surface area contributed by atoms with Gasteiger partial charge in [0.1, 0.15) is 5.75 Å². The van der Waals surface area contributed by atoms with Gasteiger partial charge in [-0.3, -0.25) is 0 Å². The van der Waals surface area contributed by atoms with E-state index in [1.165, 1.54) is 36.1 Å². The Balaban J connectivity index is 1.85. The van der Waals surface area contributed by atoms with Crippen molar-refractivity contribution in [3.05, 3.63) is 65.2 Å². The van der Waals surface area contributed by atoms with E-state index in [0.717, 1.165) is 24.8 Å². The standard InChI is InChI=1S/C19H21F3O/c1-2-3-4-15-5-7-16(8-6-15)9-10-17-11-13-18(14-12-17)23-19(20,21)22/h5-8,11-14H,2-4,9-10H2,1H3. The van der Waals surface area contributed by atoms with Crippen molar-refractivity contribution in [2.45, 2.75) is 45.4 Å². The normalized spacial score (nSPS) is 11.5. The van der Waals surface area contributed by atoms with Crippen molar-refractivity contribution in [2.24, 2.45) is 0 Å². The van der Waals surface area contributed by atoms with Crippen molar-refractivity contribution in [1.29, 1.82) is 0 Å². The number of hydrogen-bond donors (Lipinski definition) is 0. The summed E-state index contributed by atoms with van der Waals surface area (Å²) in [5, 5.41) is 0. The van der Waals surface area contributed by atoms with Gasteiger partial charge in [0.05, 0.1) is 0 Å². The van der Waals surface area contributed by atoms with E-state index in [2.05, 4.69) is 35.9 Å². The lowest BCUT2D eigenvalue weighted by Gasteiger charge is -2.09. The topological polar surface area (TPSA) is 9.23 Å². The Hall–Kier alpha value is -1.97. The molecule has 0 bridgehead atoms. The quantitative estimate of drug-likeness (QED) is 0.634. The third-order valence-electron chi connectivity index (χ3n) is 3.70. The second-order valence-electron chi connectivity index (χ2n) is 5.61. The number of unbranched alkanes of at least 4 members (excludes halogenated alkanes) is 1. The summed E-state index contributed by atoms with van der Waals surface area (Å²) >= 11 is 0. The van der Waals surface area contributed by atoms with Gasteiger partial charge in [0, 0.05) is 0 Å². The van der Waals surface area contributed by atoms with Gasteiger partial charge in [-0.05, 0) is 54.5 Å². The maximum atomic E-state index is 12.1. The number of alkyl halides is 3. The third kappa shape index (κ3) is 6.35. The Morgan fingerprint density at radius 3 is 1.61 bits per heavy atom. The van der Waals surface area contributed by atoms with Gasteiger partial charge >= 0.3 is 6.36 Å². The van der Waals surface area contributed by atoms with Crippen molar-refractivity contribution >= 4 is 0 Å². The summed E-state index contributed by atoms with van der Waals surface area (Å²) < 4.78 is 40.2. The van der Waals surface area contributed by atoms with E-state index in [9.17, 15) is 13.2 Å². The van der Waals surface area contributed by atoms with E-state index in [0.29, 0.717) is 0 Å². The fourth-order valence-corrected chi connectivity index (χ4v) is 2.40. The number of benzene rings is 2. The molecule has 0 aliphatic rings. The highest BCUT2D eigenvalue weighted by Gasteiger charge is 2.30. The van der Waals surface area contributed by atoms with Gasteiger partial charge in [-0.2, -0.15) is 0 Å². The second-order valence-corrected chi connectivity index (χ2v) is 5.61. The molecule has 23 heavy (non-hydrogen) atoms. The average molecular weight is 322 g/mol. The second kappa shape index (κ2) is 8.04. The molecule has 0 saturated carbocycles. The zero-order chi connectivity index (χ0) is 16.7. The molecule has 2 rings (SSSR count). The van der Waals surface area contributed by atoms with Crippen LogP contribution in [0.15, 0.2) is 48.5 Å². The molecule has 0 heterocycles. The highest BCUT2D eigenvalue weighted by atomic mass is 19.4. The predicted octanol–water partition coefficient (Wildman–Crippen LogP) is 5.71. The first-order chi connectivity index (χ1) is 11.0. The van der Waals surface area contributed by atoms with E-state index in [4.69, 9.17) is 0 Å². The molecule has 0 fully saturated rings.